The number of hydrogen-bond donors (Lipinski definition) is 1. The number of benzene rings is 1. The lowest BCUT2D eigenvalue weighted by atomic mass is 9.82. The average molecular weight is 280 g/mol. The topological polar surface area (TPSA) is 24.9 Å². The fraction of sp³-hybridized carbons (Fsp3) is 0.526. The second-order valence-electron chi connectivity index (χ2n) is 6.93. The van der Waals surface area contributed by atoms with E-state index in [1.54, 1.807) is 0 Å². The first-order valence-corrected chi connectivity index (χ1v) is 8.36. The Morgan fingerprint density at radius 3 is 2.86 bits per heavy atom. The Balaban J connectivity index is 1.62. The van der Waals surface area contributed by atoms with Gasteiger partial charge in [0.2, 0.25) is 0 Å². The Morgan fingerprint density at radius 2 is 2.10 bits per heavy atom. The van der Waals surface area contributed by atoms with Crippen LogP contribution in [0.25, 0.3) is 10.9 Å². The lowest BCUT2D eigenvalue weighted by Crippen LogP contribution is -2.23. The third-order valence-corrected chi connectivity index (χ3v) is 5.81. The fourth-order valence-corrected chi connectivity index (χ4v) is 4.78. The molecule has 2 aliphatic rings. The normalized spacial score (nSPS) is 29.1. The van der Waals surface area contributed by atoms with E-state index in [9.17, 15) is 0 Å². The van der Waals surface area contributed by atoms with E-state index < -0.39 is 0 Å². The summed E-state index contributed by atoms with van der Waals surface area (Å²) in [5, 5.41) is 4.81. The van der Waals surface area contributed by atoms with Crippen LogP contribution in [0.2, 0.25) is 0 Å². The van der Waals surface area contributed by atoms with Crippen LogP contribution in [0.15, 0.2) is 36.5 Å². The van der Waals surface area contributed by atoms with E-state index in [0.717, 1.165) is 17.8 Å². The van der Waals surface area contributed by atoms with Crippen molar-refractivity contribution in [3.63, 3.8) is 0 Å². The maximum atomic E-state index is 4.63. The molecule has 4 atom stereocenters. The molecule has 0 radical (unpaired) electrons. The third-order valence-electron chi connectivity index (χ3n) is 5.81. The summed E-state index contributed by atoms with van der Waals surface area (Å²) in [6.07, 6.45) is 9.10. The molecule has 2 aliphatic carbocycles. The molecule has 1 N–H and O–H groups in total. The van der Waals surface area contributed by atoms with Crippen molar-refractivity contribution >= 4 is 10.9 Å². The van der Waals surface area contributed by atoms with Crippen molar-refractivity contribution in [3.8, 4) is 0 Å². The minimum Gasteiger partial charge on any atom is -0.313 e. The van der Waals surface area contributed by atoms with Crippen LogP contribution in [0.4, 0.5) is 0 Å². The van der Waals surface area contributed by atoms with E-state index in [2.05, 4.69) is 41.6 Å². The summed E-state index contributed by atoms with van der Waals surface area (Å²) in [7, 11) is 2.10. The van der Waals surface area contributed by atoms with Crippen LogP contribution in [0.5, 0.6) is 0 Å². The summed E-state index contributed by atoms with van der Waals surface area (Å²) >= 11 is 0. The quantitative estimate of drug-likeness (QED) is 0.902. The Morgan fingerprint density at radius 1 is 1.19 bits per heavy atom. The Hall–Kier alpha value is -1.41. The van der Waals surface area contributed by atoms with Crippen molar-refractivity contribution in [1.82, 2.24) is 10.3 Å². The van der Waals surface area contributed by atoms with Crippen molar-refractivity contribution in [2.75, 3.05) is 7.05 Å². The molecule has 21 heavy (non-hydrogen) atoms. The van der Waals surface area contributed by atoms with E-state index in [0.29, 0.717) is 6.04 Å². The Kier molecular flexibility index (Phi) is 3.42. The molecular weight excluding hydrogens is 256 g/mol. The first kappa shape index (κ1) is 13.3. The first-order valence-electron chi connectivity index (χ1n) is 8.36. The minimum absolute atomic E-state index is 0.438. The van der Waals surface area contributed by atoms with Crippen LogP contribution in [0.3, 0.4) is 0 Å². The molecule has 1 aromatic heterocycles. The van der Waals surface area contributed by atoms with Crippen molar-refractivity contribution in [1.29, 1.82) is 0 Å². The van der Waals surface area contributed by atoms with Crippen LogP contribution in [0, 0.1) is 17.8 Å². The first-order chi connectivity index (χ1) is 10.3. The summed E-state index contributed by atoms with van der Waals surface area (Å²) in [6, 6.07) is 11.2. The highest BCUT2D eigenvalue weighted by molar-refractivity contribution is 5.82. The third kappa shape index (κ3) is 2.36. The van der Waals surface area contributed by atoms with Crippen LogP contribution in [-0.2, 0) is 0 Å². The molecule has 0 saturated heterocycles. The number of nitrogens with zero attached hydrogens (tertiary/aromatic N) is 1. The average Bonchev–Trinajstić information content (AvgIpc) is 3.15. The van der Waals surface area contributed by atoms with Gasteiger partial charge in [-0.3, -0.25) is 4.98 Å². The maximum Gasteiger partial charge on any atom is 0.0749 e. The van der Waals surface area contributed by atoms with Crippen molar-refractivity contribution in [2.45, 2.75) is 38.1 Å². The summed E-state index contributed by atoms with van der Waals surface area (Å²) in [5.74, 6) is 2.94. The molecule has 4 unspecified atom stereocenters. The predicted molar refractivity (Wildman–Crippen MR) is 87.1 cm³/mol. The second kappa shape index (κ2) is 5.42. The van der Waals surface area contributed by atoms with Crippen LogP contribution < -0.4 is 5.32 Å². The van der Waals surface area contributed by atoms with E-state index >= 15 is 0 Å². The molecule has 0 spiro atoms. The molecule has 4 rings (SSSR count). The smallest absolute Gasteiger partial charge is 0.0749 e. The fourth-order valence-electron chi connectivity index (χ4n) is 4.78. The largest absolute Gasteiger partial charge is 0.313 e. The zero-order valence-corrected chi connectivity index (χ0v) is 12.8. The van der Waals surface area contributed by atoms with Gasteiger partial charge in [-0.2, -0.15) is 0 Å². The van der Waals surface area contributed by atoms with Gasteiger partial charge < -0.3 is 5.32 Å². The summed E-state index contributed by atoms with van der Waals surface area (Å²) in [6.45, 7) is 0. The van der Waals surface area contributed by atoms with Gasteiger partial charge in [-0.15, -0.1) is 0 Å². The van der Waals surface area contributed by atoms with Gasteiger partial charge in [-0.05, 0) is 62.1 Å². The molecule has 0 aliphatic heterocycles. The van der Waals surface area contributed by atoms with Crippen molar-refractivity contribution in [3.05, 3.63) is 42.1 Å². The number of hydrogen-bond acceptors (Lipinski definition) is 2. The van der Waals surface area contributed by atoms with E-state index in [1.165, 1.54) is 48.6 Å². The monoisotopic (exact) mass is 280 g/mol. The molecule has 1 heterocycles. The number of aromatic nitrogens is 1. The molecule has 2 heteroatoms. The molecular formula is C19H24N2. The van der Waals surface area contributed by atoms with Gasteiger partial charge in [0, 0.05) is 17.6 Å². The van der Waals surface area contributed by atoms with Gasteiger partial charge >= 0.3 is 0 Å². The zero-order valence-electron chi connectivity index (χ0n) is 12.8. The van der Waals surface area contributed by atoms with E-state index in [4.69, 9.17) is 0 Å². The maximum absolute atomic E-state index is 4.63. The molecule has 2 bridgehead atoms. The summed E-state index contributed by atoms with van der Waals surface area (Å²) in [4.78, 5) is 4.63. The SMILES string of the molecule is CNC(CC1CC2CCC1C2)c1cccc2cccnc12. The Bertz CT molecular complexity index is 631. The van der Waals surface area contributed by atoms with Gasteiger partial charge in [0.25, 0.3) is 0 Å². The van der Waals surface area contributed by atoms with E-state index in [1.807, 2.05) is 12.3 Å². The van der Waals surface area contributed by atoms with Gasteiger partial charge in [0.05, 0.1) is 5.52 Å². The van der Waals surface area contributed by atoms with Crippen LogP contribution in [0.1, 0.15) is 43.7 Å². The van der Waals surface area contributed by atoms with Gasteiger partial charge in [0.15, 0.2) is 0 Å². The molecule has 2 fully saturated rings. The second-order valence-corrected chi connectivity index (χ2v) is 6.93. The highest BCUT2D eigenvalue weighted by Crippen LogP contribution is 2.51. The molecule has 2 saturated carbocycles. The van der Waals surface area contributed by atoms with E-state index in [-0.39, 0.29) is 0 Å². The standard InChI is InChI=1S/C19H24N2/c1-20-18(12-16-11-13-7-8-15(16)10-13)17-6-2-4-14-5-3-9-21-19(14)17/h2-6,9,13,15-16,18,20H,7-8,10-12H2,1H3. The lowest BCUT2D eigenvalue weighted by molar-refractivity contribution is 0.284. The molecule has 110 valence electrons. The number of fused-ring (bicyclic) bond motifs is 3. The molecule has 2 nitrogen and oxygen atoms in total. The van der Waals surface area contributed by atoms with Gasteiger partial charge in [-0.1, -0.05) is 30.7 Å². The number of para-hydroxylation sites is 1. The summed E-state index contributed by atoms with van der Waals surface area (Å²) in [5.41, 5.74) is 2.54. The zero-order chi connectivity index (χ0) is 14.2. The lowest BCUT2D eigenvalue weighted by Gasteiger charge is -2.27. The number of rotatable bonds is 4. The molecule has 1 aromatic carbocycles. The van der Waals surface area contributed by atoms with Crippen LogP contribution in [-0.4, -0.2) is 12.0 Å². The highest BCUT2D eigenvalue weighted by Gasteiger charge is 2.40. The van der Waals surface area contributed by atoms with Crippen molar-refractivity contribution < 1.29 is 0 Å². The predicted octanol–water partition coefficient (Wildman–Crippen LogP) is 4.32. The van der Waals surface area contributed by atoms with Gasteiger partial charge in [0.1, 0.15) is 0 Å². The Labute approximate surface area is 127 Å². The molecule has 0 amide bonds. The number of pyridine rings is 1. The molecule has 2 aromatic rings. The highest BCUT2D eigenvalue weighted by atomic mass is 14.9. The van der Waals surface area contributed by atoms with Crippen LogP contribution >= 0.6 is 0 Å². The summed E-state index contributed by atoms with van der Waals surface area (Å²) < 4.78 is 0. The van der Waals surface area contributed by atoms with Gasteiger partial charge in [-0.25, -0.2) is 0 Å². The van der Waals surface area contributed by atoms with Crippen molar-refractivity contribution in [2.24, 2.45) is 17.8 Å². The minimum atomic E-state index is 0.438. The number of nitrogens with one attached hydrogen (secondary N) is 1.